The Labute approximate surface area is 170 Å². The van der Waals surface area contributed by atoms with Crippen molar-refractivity contribution in [3.63, 3.8) is 0 Å². The molecule has 9 nitrogen and oxygen atoms in total. The molecule has 0 aliphatic rings. The summed E-state index contributed by atoms with van der Waals surface area (Å²) in [5, 5.41) is 11.8. The second-order valence-electron chi connectivity index (χ2n) is 5.80. The Bertz CT molecular complexity index is 1120. The molecule has 2 aromatic carbocycles. The van der Waals surface area contributed by atoms with Gasteiger partial charge in [0, 0.05) is 18.2 Å². The summed E-state index contributed by atoms with van der Waals surface area (Å²) >= 11 is 1.43. The van der Waals surface area contributed by atoms with Gasteiger partial charge in [-0.15, -0.1) is 5.10 Å². The number of rotatable bonds is 7. The third-order valence-electron chi connectivity index (χ3n) is 4.17. The lowest BCUT2D eigenvalue weighted by molar-refractivity contribution is 0.356. The fourth-order valence-electron chi connectivity index (χ4n) is 2.76. The molecule has 2 aromatic heterocycles. The van der Waals surface area contributed by atoms with Gasteiger partial charge in [-0.1, -0.05) is 16.4 Å². The highest BCUT2D eigenvalue weighted by Gasteiger charge is 2.16. The Morgan fingerprint density at radius 2 is 1.62 bits per heavy atom. The zero-order chi connectivity index (χ0) is 20.4. The molecule has 0 radical (unpaired) electrons. The van der Waals surface area contributed by atoms with Gasteiger partial charge in [0.15, 0.2) is 16.6 Å². The van der Waals surface area contributed by atoms with Crippen LogP contribution in [0.1, 0.15) is 0 Å². The predicted molar refractivity (Wildman–Crippen MR) is 109 cm³/mol. The highest BCUT2D eigenvalue weighted by atomic mass is 32.1. The summed E-state index contributed by atoms with van der Waals surface area (Å²) in [4.78, 5) is 4.53. The molecule has 0 saturated carbocycles. The average molecular weight is 414 g/mol. The van der Waals surface area contributed by atoms with Gasteiger partial charge in [0.25, 0.3) is 5.89 Å². The molecule has 150 valence electrons. The molecule has 0 bridgehead atoms. The van der Waals surface area contributed by atoms with Crippen LogP contribution in [-0.2, 0) is 0 Å². The molecule has 10 heteroatoms. The maximum absolute atomic E-state index is 5.74. The molecule has 4 rings (SSSR count). The molecule has 1 N–H and O–H groups in total. The molecular formula is C19H18N4O5S. The first-order chi connectivity index (χ1) is 14.1. The van der Waals surface area contributed by atoms with Gasteiger partial charge >= 0.3 is 6.01 Å². The third-order valence-corrected chi connectivity index (χ3v) is 5.11. The van der Waals surface area contributed by atoms with Crippen LogP contribution in [0.4, 0.5) is 11.1 Å². The molecule has 0 atom stereocenters. The SMILES string of the molecule is COc1ccc(-c2nnc(Nc3nc4cc(OC)c(OC)cc4s3)o2)c(OC)c1. The monoisotopic (exact) mass is 414 g/mol. The van der Waals surface area contributed by atoms with Crippen LogP contribution in [0.5, 0.6) is 23.0 Å². The summed E-state index contributed by atoms with van der Waals surface area (Å²) in [6, 6.07) is 9.25. The summed E-state index contributed by atoms with van der Waals surface area (Å²) in [6.07, 6.45) is 0. The van der Waals surface area contributed by atoms with Crippen LogP contribution in [0.25, 0.3) is 21.7 Å². The van der Waals surface area contributed by atoms with Gasteiger partial charge in [0.05, 0.1) is 44.2 Å². The molecular weight excluding hydrogens is 396 g/mol. The maximum atomic E-state index is 5.74. The van der Waals surface area contributed by atoms with Crippen LogP contribution >= 0.6 is 11.3 Å². The molecule has 2 heterocycles. The number of fused-ring (bicyclic) bond motifs is 1. The van der Waals surface area contributed by atoms with Crippen molar-refractivity contribution in [1.82, 2.24) is 15.2 Å². The van der Waals surface area contributed by atoms with Gasteiger partial charge in [0.2, 0.25) is 0 Å². The molecule has 0 saturated heterocycles. The zero-order valence-electron chi connectivity index (χ0n) is 16.2. The lowest BCUT2D eigenvalue weighted by Gasteiger charge is -2.07. The third kappa shape index (κ3) is 3.61. The van der Waals surface area contributed by atoms with Gasteiger partial charge in [-0.2, -0.15) is 0 Å². The van der Waals surface area contributed by atoms with Crippen molar-refractivity contribution < 1.29 is 23.4 Å². The minimum atomic E-state index is 0.218. The second-order valence-corrected chi connectivity index (χ2v) is 6.83. The quantitative estimate of drug-likeness (QED) is 0.478. The molecule has 0 aliphatic carbocycles. The Hall–Kier alpha value is -3.53. The van der Waals surface area contributed by atoms with E-state index in [4.69, 9.17) is 23.4 Å². The number of nitrogens with zero attached hydrogens (tertiary/aromatic N) is 3. The summed E-state index contributed by atoms with van der Waals surface area (Å²) in [7, 11) is 6.34. The van der Waals surface area contributed by atoms with E-state index < -0.39 is 0 Å². The Morgan fingerprint density at radius 1 is 0.862 bits per heavy atom. The van der Waals surface area contributed by atoms with Crippen molar-refractivity contribution in [3.8, 4) is 34.5 Å². The predicted octanol–water partition coefficient (Wildman–Crippen LogP) is 4.12. The summed E-state index contributed by atoms with van der Waals surface area (Å²) in [5.74, 6) is 2.81. The summed E-state index contributed by atoms with van der Waals surface area (Å²) in [5.41, 5.74) is 1.43. The first-order valence-electron chi connectivity index (χ1n) is 8.50. The van der Waals surface area contributed by atoms with Gasteiger partial charge in [-0.05, 0) is 12.1 Å². The van der Waals surface area contributed by atoms with E-state index in [1.165, 1.54) is 11.3 Å². The molecule has 4 aromatic rings. The highest BCUT2D eigenvalue weighted by molar-refractivity contribution is 7.22. The van der Waals surface area contributed by atoms with Gasteiger partial charge in [-0.3, -0.25) is 5.32 Å². The number of nitrogens with one attached hydrogen (secondary N) is 1. The zero-order valence-corrected chi connectivity index (χ0v) is 17.0. The fourth-order valence-corrected chi connectivity index (χ4v) is 3.62. The molecule has 0 spiro atoms. The average Bonchev–Trinajstić information content (AvgIpc) is 3.38. The number of methoxy groups -OCH3 is 4. The first kappa shape index (κ1) is 18.8. The van der Waals surface area contributed by atoms with E-state index in [-0.39, 0.29) is 6.01 Å². The standard InChI is InChI=1S/C19H18N4O5S/c1-24-10-5-6-11(13(7-10)25-2)17-22-23-18(28-17)21-19-20-12-8-14(26-3)15(27-4)9-16(12)29-19/h5-9H,1-4H3,(H,20,21,23). The van der Waals surface area contributed by atoms with Crippen LogP contribution in [0.2, 0.25) is 0 Å². The van der Waals surface area contributed by atoms with Crippen molar-refractivity contribution in [1.29, 1.82) is 0 Å². The minimum Gasteiger partial charge on any atom is -0.497 e. The van der Waals surface area contributed by atoms with E-state index in [9.17, 15) is 0 Å². The normalized spacial score (nSPS) is 10.8. The number of benzene rings is 2. The number of anilines is 2. The van der Waals surface area contributed by atoms with Crippen molar-refractivity contribution >= 4 is 32.7 Å². The first-order valence-corrected chi connectivity index (χ1v) is 9.32. The number of thiazole rings is 1. The lowest BCUT2D eigenvalue weighted by atomic mass is 10.2. The van der Waals surface area contributed by atoms with Crippen LogP contribution in [0.3, 0.4) is 0 Å². The molecule has 0 aliphatic heterocycles. The van der Waals surface area contributed by atoms with E-state index in [1.54, 1.807) is 46.6 Å². The van der Waals surface area contributed by atoms with Gasteiger partial charge in [-0.25, -0.2) is 4.98 Å². The molecule has 0 amide bonds. The summed E-state index contributed by atoms with van der Waals surface area (Å²) in [6.45, 7) is 0. The van der Waals surface area contributed by atoms with E-state index in [0.29, 0.717) is 39.6 Å². The lowest BCUT2D eigenvalue weighted by Crippen LogP contribution is -1.90. The molecule has 0 unspecified atom stereocenters. The fraction of sp³-hybridized carbons (Fsp3) is 0.211. The Balaban J connectivity index is 1.61. The van der Waals surface area contributed by atoms with Crippen molar-refractivity contribution in [2.75, 3.05) is 33.8 Å². The number of hydrogen-bond acceptors (Lipinski definition) is 10. The van der Waals surface area contributed by atoms with Crippen LogP contribution < -0.4 is 24.3 Å². The van der Waals surface area contributed by atoms with E-state index in [0.717, 1.165) is 10.2 Å². The van der Waals surface area contributed by atoms with Gasteiger partial charge in [0.1, 0.15) is 11.5 Å². The molecule has 29 heavy (non-hydrogen) atoms. The van der Waals surface area contributed by atoms with Crippen molar-refractivity contribution in [2.45, 2.75) is 0 Å². The van der Waals surface area contributed by atoms with Gasteiger partial charge < -0.3 is 23.4 Å². The number of hydrogen-bond donors (Lipinski definition) is 1. The second kappa shape index (κ2) is 7.84. The highest BCUT2D eigenvalue weighted by Crippen LogP contribution is 2.37. The van der Waals surface area contributed by atoms with Crippen molar-refractivity contribution in [2.24, 2.45) is 0 Å². The van der Waals surface area contributed by atoms with E-state index in [1.807, 2.05) is 12.1 Å². The van der Waals surface area contributed by atoms with Crippen molar-refractivity contribution in [3.05, 3.63) is 30.3 Å². The molecule has 0 fully saturated rings. The van der Waals surface area contributed by atoms with Crippen LogP contribution in [-0.4, -0.2) is 43.6 Å². The van der Waals surface area contributed by atoms with E-state index >= 15 is 0 Å². The Morgan fingerprint density at radius 3 is 2.34 bits per heavy atom. The topological polar surface area (TPSA) is 101 Å². The number of ether oxygens (including phenoxy) is 4. The maximum Gasteiger partial charge on any atom is 0.322 e. The summed E-state index contributed by atoms with van der Waals surface area (Å²) < 4.78 is 27.9. The number of aromatic nitrogens is 3. The van der Waals surface area contributed by atoms with Crippen LogP contribution in [0.15, 0.2) is 34.7 Å². The Kier molecular flexibility index (Phi) is 5.09. The minimum absolute atomic E-state index is 0.218. The smallest absolute Gasteiger partial charge is 0.322 e. The van der Waals surface area contributed by atoms with E-state index in [2.05, 4.69) is 20.5 Å². The largest absolute Gasteiger partial charge is 0.497 e. The van der Waals surface area contributed by atoms with Crippen LogP contribution in [0, 0.1) is 0 Å².